The molecule has 0 radical (unpaired) electrons. The number of ether oxygens (including phenoxy) is 1. The van der Waals surface area contributed by atoms with Gasteiger partial charge in [0.25, 0.3) is 0 Å². The smallest absolute Gasteiger partial charge is 0.345 e. The SMILES string of the molecule is C=C(C(=O)O)C1=C(C(=O)OC)C2=C(C(=O)C(C)=C(CC(O)CO)C2=O)[N+]1(C)N. The van der Waals surface area contributed by atoms with Crippen molar-refractivity contribution in [3.05, 3.63) is 45.8 Å². The summed E-state index contributed by atoms with van der Waals surface area (Å²) < 4.78 is 3.72. The predicted molar refractivity (Wildman–Crippen MR) is 93.6 cm³/mol. The molecule has 0 fully saturated rings. The van der Waals surface area contributed by atoms with Gasteiger partial charge in [-0.3, -0.25) is 9.59 Å². The highest BCUT2D eigenvalue weighted by Gasteiger charge is 2.56. The molecule has 0 saturated carbocycles. The van der Waals surface area contributed by atoms with Gasteiger partial charge in [0.1, 0.15) is 16.7 Å². The number of ketones is 2. The van der Waals surface area contributed by atoms with Crippen molar-refractivity contribution in [2.24, 2.45) is 5.84 Å². The molecule has 0 aromatic rings. The number of carboxylic acids is 1. The molecule has 150 valence electrons. The van der Waals surface area contributed by atoms with Gasteiger partial charge < -0.3 is 20.1 Å². The average molecular weight is 393 g/mol. The first-order valence-electron chi connectivity index (χ1n) is 8.15. The maximum atomic E-state index is 13.1. The lowest BCUT2D eigenvalue weighted by Crippen LogP contribution is -2.51. The second-order valence-electron chi connectivity index (χ2n) is 6.60. The average Bonchev–Trinajstić information content (AvgIpc) is 2.89. The number of nitrogens with zero attached hydrogens (tertiary/aromatic N) is 1. The van der Waals surface area contributed by atoms with Crippen molar-refractivity contribution in [1.29, 1.82) is 0 Å². The van der Waals surface area contributed by atoms with Gasteiger partial charge in [-0.1, -0.05) is 6.58 Å². The van der Waals surface area contributed by atoms with Crippen molar-refractivity contribution in [2.75, 3.05) is 20.8 Å². The fourth-order valence-corrected chi connectivity index (χ4v) is 3.37. The van der Waals surface area contributed by atoms with Crippen LogP contribution in [0.4, 0.5) is 0 Å². The lowest BCUT2D eigenvalue weighted by molar-refractivity contribution is -0.837. The number of esters is 1. The molecule has 0 saturated heterocycles. The number of hydrogen-bond donors (Lipinski definition) is 4. The summed E-state index contributed by atoms with van der Waals surface area (Å²) in [5.41, 5.74) is -2.17. The summed E-state index contributed by atoms with van der Waals surface area (Å²) in [5.74, 6) is 2.18. The van der Waals surface area contributed by atoms with E-state index in [1.165, 1.54) is 14.0 Å². The number of allylic oxidation sites excluding steroid dienone is 1. The van der Waals surface area contributed by atoms with Gasteiger partial charge in [0.2, 0.25) is 11.5 Å². The lowest BCUT2D eigenvalue weighted by Gasteiger charge is -2.29. The number of carbonyl (C=O) groups is 4. The molecule has 0 spiro atoms. The zero-order valence-electron chi connectivity index (χ0n) is 15.6. The number of carbonyl (C=O) groups excluding carboxylic acids is 3. The first-order chi connectivity index (χ1) is 12.9. The first kappa shape index (κ1) is 21.4. The molecule has 1 heterocycles. The molecule has 28 heavy (non-hydrogen) atoms. The van der Waals surface area contributed by atoms with Crippen LogP contribution in [0.1, 0.15) is 13.3 Å². The number of hydrogen-bond acceptors (Lipinski definition) is 8. The molecule has 0 aromatic carbocycles. The summed E-state index contributed by atoms with van der Waals surface area (Å²) in [5, 5.41) is 28.1. The van der Waals surface area contributed by atoms with E-state index in [0.717, 1.165) is 7.11 Å². The van der Waals surface area contributed by atoms with E-state index in [4.69, 9.17) is 10.9 Å². The fraction of sp³-hybridized carbons (Fsp3) is 0.333. The molecule has 0 bridgehead atoms. The minimum Gasteiger partial charge on any atom is -0.477 e. The molecule has 1 aliphatic carbocycles. The Bertz CT molecular complexity index is 920. The number of Topliss-reactive ketones (excluding diaryl/α,β-unsaturated/α-hetero) is 2. The third-order valence-electron chi connectivity index (χ3n) is 4.75. The van der Waals surface area contributed by atoms with Gasteiger partial charge in [-0.05, 0) is 6.92 Å². The number of aliphatic carboxylic acids is 1. The summed E-state index contributed by atoms with van der Waals surface area (Å²) in [6, 6.07) is 0. The number of quaternary nitrogens is 1. The third kappa shape index (κ3) is 3.02. The Kier molecular flexibility index (Phi) is 5.53. The lowest BCUT2D eigenvalue weighted by atomic mass is 9.83. The highest BCUT2D eigenvalue weighted by Crippen LogP contribution is 2.45. The van der Waals surface area contributed by atoms with Crippen molar-refractivity contribution in [1.82, 2.24) is 0 Å². The minimum absolute atomic E-state index is 0.0162. The molecule has 2 unspecified atom stereocenters. The van der Waals surface area contributed by atoms with Gasteiger partial charge in [-0.25, -0.2) is 9.59 Å². The normalized spacial score (nSPS) is 23.2. The Hall–Kier alpha value is -2.92. The summed E-state index contributed by atoms with van der Waals surface area (Å²) >= 11 is 0. The highest BCUT2D eigenvalue weighted by atomic mass is 16.5. The van der Waals surface area contributed by atoms with Crippen LogP contribution in [0.15, 0.2) is 45.8 Å². The van der Waals surface area contributed by atoms with Crippen LogP contribution < -0.4 is 5.84 Å². The number of aliphatic hydroxyl groups is 2. The van der Waals surface area contributed by atoms with Crippen LogP contribution in [0.25, 0.3) is 0 Å². The molecule has 0 amide bonds. The van der Waals surface area contributed by atoms with Gasteiger partial charge >= 0.3 is 11.9 Å². The van der Waals surface area contributed by atoms with Gasteiger partial charge in [0.05, 0.1) is 26.9 Å². The van der Waals surface area contributed by atoms with Crippen LogP contribution in [-0.4, -0.2) is 70.3 Å². The van der Waals surface area contributed by atoms with Gasteiger partial charge in [0.15, 0.2) is 11.5 Å². The van der Waals surface area contributed by atoms with Crippen molar-refractivity contribution in [3.63, 3.8) is 0 Å². The molecule has 10 nitrogen and oxygen atoms in total. The Morgan fingerprint density at radius 3 is 2.32 bits per heavy atom. The van der Waals surface area contributed by atoms with E-state index < -0.39 is 52.0 Å². The maximum absolute atomic E-state index is 13.1. The van der Waals surface area contributed by atoms with E-state index in [1.54, 1.807) is 0 Å². The Morgan fingerprint density at radius 1 is 1.29 bits per heavy atom. The second kappa shape index (κ2) is 7.24. The highest BCUT2D eigenvalue weighted by molar-refractivity contribution is 6.29. The zero-order valence-corrected chi connectivity index (χ0v) is 15.6. The zero-order chi connectivity index (χ0) is 21.5. The monoisotopic (exact) mass is 393 g/mol. The molecule has 0 aromatic heterocycles. The summed E-state index contributed by atoms with van der Waals surface area (Å²) in [4.78, 5) is 50.0. The van der Waals surface area contributed by atoms with E-state index in [9.17, 15) is 29.4 Å². The van der Waals surface area contributed by atoms with E-state index in [0.29, 0.717) is 0 Å². The standard InChI is InChI=1S/C18H20N2O8/c1-7-10(5-9(22)6-21)16(24)11-12(18(27)28-4)13(8(2)17(25)26)20(3,19)14(11)15(7)23/h9,21-22H,2,5-6,19H2,1,3-4H3/p+1. The molecule has 2 rings (SSSR count). The van der Waals surface area contributed by atoms with Crippen LogP contribution in [0.2, 0.25) is 0 Å². The molecular formula is C18H21N2O8+. The fourth-order valence-electron chi connectivity index (χ4n) is 3.37. The van der Waals surface area contributed by atoms with Gasteiger partial charge in [-0.2, -0.15) is 10.4 Å². The van der Waals surface area contributed by atoms with Crippen LogP contribution in [0.3, 0.4) is 0 Å². The quantitative estimate of drug-likeness (QED) is 0.143. The topological polar surface area (TPSA) is 164 Å². The van der Waals surface area contributed by atoms with E-state index in [2.05, 4.69) is 11.3 Å². The Morgan fingerprint density at radius 2 is 1.86 bits per heavy atom. The minimum atomic E-state index is -1.49. The van der Waals surface area contributed by atoms with E-state index >= 15 is 0 Å². The largest absolute Gasteiger partial charge is 0.477 e. The molecule has 1 aliphatic heterocycles. The van der Waals surface area contributed by atoms with Crippen LogP contribution >= 0.6 is 0 Å². The summed E-state index contributed by atoms with van der Waals surface area (Å²) in [6.07, 6.45) is -1.63. The molecule has 2 aliphatic rings. The number of likely N-dealkylation sites (N-methyl/N-ethyl adjacent to an activating group) is 1. The number of aliphatic hydroxyl groups excluding tert-OH is 2. The maximum Gasteiger partial charge on any atom is 0.345 e. The number of carboxylic acid groups (broad SMARTS) is 1. The van der Waals surface area contributed by atoms with Crippen LogP contribution in [0, 0.1) is 0 Å². The van der Waals surface area contributed by atoms with Crippen LogP contribution in [-0.2, 0) is 23.9 Å². The predicted octanol–water partition coefficient (Wildman–Crippen LogP) is -1.15. The van der Waals surface area contributed by atoms with E-state index in [-0.39, 0.29) is 34.5 Å². The Balaban J connectivity index is 2.80. The Labute approximate surface area is 160 Å². The van der Waals surface area contributed by atoms with Crippen LogP contribution in [0.5, 0.6) is 0 Å². The number of rotatable bonds is 6. The van der Waals surface area contributed by atoms with Gasteiger partial charge in [-0.15, -0.1) is 0 Å². The first-order valence-corrected chi connectivity index (χ1v) is 8.15. The van der Waals surface area contributed by atoms with Crippen molar-refractivity contribution >= 4 is 23.5 Å². The molecule has 2 atom stereocenters. The van der Waals surface area contributed by atoms with Gasteiger partial charge in [0, 0.05) is 17.6 Å². The molecule has 5 N–H and O–H groups in total. The van der Waals surface area contributed by atoms with Crippen molar-refractivity contribution < 1.29 is 43.8 Å². The van der Waals surface area contributed by atoms with Crippen molar-refractivity contribution in [3.8, 4) is 0 Å². The molecular weight excluding hydrogens is 372 g/mol. The molecule has 10 heteroatoms. The summed E-state index contributed by atoms with van der Waals surface area (Å²) in [7, 11) is 2.28. The number of methoxy groups -OCH3 is 1. The third-order valence-corrected chi connectivity index (χ3v) is 4.75. The van der Waals surface area contributed by atoms with Crippen molar-refractivity contribution in [2.45, 2.75) is 19.4 Å². The second-order valence-corrected chi connectivity index (χ2v) is 6.60. The van der Waals surface area contributed by atoms with E-state index in [1.807, 2.05) is 0 Å². The number of nitrogens with two attached hydrogens (primary N) is 1. The summed E-state index contributed by atoms with van der Waals surface area (Å²) in [6.45, 7) is 4.12.